The molecule has 17 heteroatoms. The Morgan fingerprint density at radius 3 is 2.02 bits per heavy atom. The van der Waals surface area contributed by atoms with Crippen molar-refractivity contribution in [3.63, 3.8) is 0 Å². The number of morpholine rings is 1. The zero-order valence-corrected chi connectivity index (χ0v) is 35.0. The Bertz CT molecular complexity index is 2000. The van der Waals surface area contributed by atoms with Crippen molar-refractivity contribution in [1.29, 1.82) is 0 Å². The molecule has 4 aliphatic heterocycles. The quantitative estimate of drug-likeness (QED) is 0.233. The van der Waals surface area contributed by atoms with Crippen LogP contribution in [-0.4, -0.2) is 129 Å². The van der Waals surface area contributed by atoms with Gasteiger partial charge in [0.1, 0.15) is 22.5 Å². The fourth-order valence-electron chi connectivity index (χ4n) is 7.63. The molecule has 3 amide bonds. The van der Waals surface area contributed by atoms with Crippen molar-refractivity contribution < 1.29 is 27.5 Å². The van der Waals surface area contributed by atoms with Crippen molar-refractivity contribution in [2.75, 3.05) is 78.7 Å². The van der Waals surface area contributed by atoms with Gasteiger partial charge in [-0.2, -0.15) is 4.31 Å². The number of urea groups is 1. The van der Waals surface area contributed by atoms with Crippen LogP contribution in [0.1, 0.15) is 55.0 Å². The third-order valence-electron chi connectivity index (χ3n) is 10.6. The molecule has 56 heavy (non-hydrogen) atoms. The number of aliphatic imine (C=N–C) groups is 1. The lowest BCUT2D eigenvalue weighted by atomic mass is 9.93. The summed E-state index contributed by atoms with van der Waals surface area (Å²) in [6.07, 6.45) is 2.48. The number of carbonyl (C=O) groups excluding carboxylic acids is 2. The molecule has 0 aliphatic carbocycles. The molecule has 302 valence electrons. The van der Waals surface area contributed by atoms with E-state index in [0.717, 1.165) is 30.4 Å². The van der Waals surface area contributed by atoms with Crippen molar-refractivity contribution in [3.8, 4) is 5.75 Å². The molecule has 4 aliphatic rings. The molecule has 0 aromatic heterocycles. The molecule has 7 rings (SSSR count). The van der Waals surface area contributed by atoms with Gasteiger partial charge in [0.25, 0.3) is 0 Å². The van der Waals surface area contributed by atoms with Gasteiger partial charge >= 0.3 is 6.03 Å². The van der Waals surface area contributed by atoms with Crippen molar-refractivity contribution in [3.05, 3.63) is 92.4 Å². The number of hydrogen-bond donors (Lipinski definition) is 0. The summed E-state index contributed by atoms with van der Waals surface area (Å²) < 4.78 is 41.3. The Labute approximate surface area is 349 Å². The summed E-state index contributed by atoms with van der Waals surface area (Å²) in [5, 5.41) is 1.12. The zero-order valence-electron chi connectivity index (χ0n) is 31.1. The minimum Gasteiger partial charge on any atom is -0.493 e. The van der Waals surface area contributed by atoms with Gasteiger partial charge in [0.2, 0.25) is 15.9 Å². The number of sulfonamides is 1. The second kappa shape index (κ2) is 18.6. The highest BCUT2D eigenvalue weighted by Crippen LogP contribution is 2.46. The van der Waals surface area contributed by atoms with Crippen molar-refractivity contribution in [2.45, 2.75) is 43.2 Å². The number of nitrogens with zero attached hydrogens (tertiary/aromatic N) is 6. The highest BCUT2D eigenvalue weighted by Gasteiger charge is 2.45. The number of halogens is 4. The standard InChI is InChI=1S/C39H45Cl3N6O6S.ClH/c1-2-54-33-25-32(42)34(55(51,52)47-14-4-3-5-15-47)24-31(33)38-43-36(27-6-10-29(40)11-7-27)37(28-8-12-30(41)13-9-28)48(38)39(50)46-18-16-44(17-19-46)26-35(49)45-20-22-53-23-21-45;/h6-13,24-25,36-37H,2-5,14-23,26H2,1H3;1H/t36-,37+;/m0./s1. The molecule has 0 unspecified atom stereocenters. The average molecular weight is 869 g/mol. The van der Waals surface area contributed by atoms with E-state index in [4.69, 9.17) is 49.3 Å². The third kappa shape index (κ3) is 9.10. The Morgan fingerprint density at radius 2 is 1.41 bits per heavy atom. The van der Waals surface area contributed by atoms with Crippen LogP contribution in [-0.2, 0) is 19.6 Å². The number of amides is 3. The molecule has 0 bridgehead atoms. The molecule has 12 nitrogen and oxygen atoms in total. The minimum absolute atomic E-state index is 0. The monoisotopic (exact) mass is 866 g/mol. The van der Waals surface area contributed by atoms with Gasteiger partial charge in [0.15, 0.2) is 0 Å². The second-order valence-electron chi connectivity index (χ2n) is 14.0. The van der Waals surface area contributed by atoms with E-state index in [1.165, 1.54) is 16.4 Å². The lowest BCUT2D eigenvalue weighted by molar-refractivity contribution is -0.136. The van der Waals surface area contributed by atoms with E-state index in [1.807, 2.05) is 36.1 Å². The molecule has 4 heterocycles. The molecule has 3 fully saturated rings. The maximum Gasteiger partial charge on any atom is 0.326 e. The van der Waals surface area contributed by atoms with Crippen molar-refractivity contribution in [1.82, 2.24) is 23.9 Å². The number of benzene rings is 3. The average Bonchev–Trinajstić information content (AvgIpc) is 3.59. The van der Waals surface area contributed by atoms with Gasteiger partial charge in [-0.15, -0.1) is 12.4 Å². The predicted molar refractivity (Wildman–Crippen MR) is 220 cm³/mol. The third-order valence-corrected chi connectivity index (χ3v) is 13.4. The highest BCUT2D eigenvalue weighted by atomic mass is 35.5. The SMILES string of the molecule is CCOc1cc(Cl)c(S(=O)(=O)N2CCCCC2)cc1C1=N[C@@H](c2ccc(Cl)cc2)[C@@H](c2ccc(Cl)cc2)N1C(=O)N1CCN(CC(=O)N2CCOCC2)CC1.Cl. The van der Waals surface area contributed by atoms with Crippen molar-refractivity contribution in [2.24, 2.45) is 4.99 Å². The van der Waals surface area contributed by atoms with Crippen LogP contribution in [0.4, 0.5) is 4.79 Å². The van der Waals surface area contributed by atoms with Gasteiger partial charge < -0.3 is 19.3 Å². The molecule has 0 saturated carbocycles. The number of rotatable bonds is 9. The number of amidine groups is 1. The van der Waals surface area contributed by atoms with Crippen molar-refractivity contribution >= 4 is 75.0 Å². The van der Waals surface area contributed by atoms with E-state index in [0.29, 0.717) is 86.9 Å². The lowest BCUT2D eigenvalue weighted by Gasteiger charge is -2.39. The Balaban J connectivity index is 0.00000532. The van der Waals surface area contributed by atoms with E-state index in [9.17, 15) is 13.2 Å². The molecule has 3 aromatic rings. The van der Waals surface area contributed by atoms with Crippen LogP contribution < -0.4 is 4.74 Å². The molecular weight excluding hydrogens is 822 g/mol. The number of piperidine rings is 1. The number of carbonyl (C=O) groups is 2. The van der Waals surface area contributed by atoms with Gasteiger partial charge in [-0.25, -0.2) is 13.2 Å². The van der Waals surface area contributed by atoms with Crippen LogP contribution >= 0.6 is 47.2 Å². The molecule has 2 atom stereocenters. The summed E-state index contributed by atoms with van der Waals surface area (Å²) in [6, 6.07) is 16.1. The van der Waals surface area contributed by atoms with E-state index in [1.54, 1.807) is 34.1 Å². The van der Waals surface area contributed by atoms with E-state index < -0.39 is 22.1 Å². The maximum atomic E-state index is 15.1. The van der Waals surface area contributed by atoms with Crippen LogP contribution in [0.3, 0.4) is 0 Å². The Kier molecular flexibility index (Phi) is 14.1. The first-order valence-electron chi connectivity index (χ1n) is 18.8. The molecule has 3 saturated heterocycles. The molecule has 3 aromatic carbocycles. The predicted octanol–water partition coefficient (Wildman–Crippen LogP) is 6.78. The lowest BCUT2D eigenvalue weighted by Crippen LogP contribution is -2.56. The van der Waals surface area contributed by atoms with Gasteiger partial charge in [-0.1, -0.05) is 65.5 Å². The van der Waals surface area contributed by atoms with Crippen LogP contribution in [0.2, 0.25) is 15.1 Å². The first kappa shape index (κ1) is 42.5. The molecule has 0 spiro atoms. The topological polar surface area (TPSA) is 115 Å². The molecule has 0 radical (unpaired) electrons. The zero-order chi connectivity index (χ0) is 38.7. The molecular formula is C39H46Cl4N6O6S. The van der Waals surface area contributed by atoms with E-state index >= 15 is 4.79 Å². The van der Waals surface area contributed by atoms with Gasteiger partial charge in [-0.05, 0) is 61.2 Å². The smallest absolute Gasteiger partial charge is 0.326 e. The maximum absolute atomic E-state index is 15.1. The summed E-state index contributed by atoms with van der Waals surface area (Å²) in [5.41, 5.74) is 1.91. The summed E-state index contributed by atoms with van der Waals surface area (Å²) in [6.45, 7) is 7.08. The Morgan fingerprint density at radius 1 is 0.804 bits per heavy atom. The van der Waals surface area contributed by atoms with Gasteiger partial charge in [0.05, 0.1) is 43.0 Å². The normalized spacial score (nSPS) is 21.1. The largest absolute Gasteiger partial charge is 0.493 e. The molecule has 0 N–H and O–H groups in total. The van der Waals surface area contributed by atoms with Crippen LogP contribution in [0.5, 0.6) is 5.75 Å². The number of hydrogen-bond acceptors (Lipinski definition) is 8. The first-order chi connectivity index (χ1) is 26.5. The second-order valence-corrected chi connectivity index (χ2v) is 17.2. The van der Waals surface area contributed by atoms with Crippen LogP contribution in [0, 0.1) is 0 Å². The Hall–Kier alpha value is -3.14. The van der Waals surface area contributed by atoms with E-state index in [2.05, 4.69) is 4.90 Å². The summed E-state index contributed by atoms with van der Waals surface area (Å²) in [4.78, 5) is 40.7. The van der Waals surface area contributed by atoms with Crippen LogP contribution in [0.15, 0.2) is 70.6 Å². The van der Waals surface area contributed by atoms with E-state index in [-0.39, 0.29) is 53.3 Å². The summed E-state index contributed by atoms with van der Waals surface area (Å²) in [5.74, 6) is 0.608. The highest BCUT2D eigenvalue weighted by molar-refractivity contribution is 7.89. The van der Waals surface area contributed by atoms with Gasteiger partial charge in [0, 0.05) is 68.5 Å². The summed E-state index contributed by atoms with van der Waals surface area (Å²) in [7, 11) is -4.00. The first-order valence-corrected chi connectivity index (χ1v) is 21.3. The number of ether oxygens (including phenoxy) is 2. The van der Waals surface area contributed by atoms with Crippen LogP contribution in [0.25, 0.3) is 0 Å². The minimum atomic E-state index is -4.00. The fraction of sp³-hybridized carbons (Fsp3) is 0.462. The fourth-order valence-corrected chi connectivity index (χ4v) is 9.92. The van der Waals surface area contributed by atoms with Gasteiger partial charge in [-0.3, -0.25) is 19.6 Å². The summed E-state index contributed by atoms with van der Waals surface area (Å²) >= 11 is 19.5. The number of piperazine rings is 1.